The van der Waals surface area contributed by atoms with Gasteiger partial charge in [-0.3, -0.25) is 0 Å². The van der Waals surface area contributed by atoms with E-state index >= 15 is 0 Å². The molecule has 0 spiro atoms. The number of rotatable bonds is 5. The standard InChI is InChI=1S/C15H18BrNS/c1-2-8-17-14(10-6-7-10)12-9-18-15-11(12)4-3-5-13(15)16/h3-5,9-10,14,17H,2,6-8H2,1H3. The largest absolute Gasteiger partial charge is 0.310 e. The van der Waals surface area contributed by atoms with Gasteiger partial charge in [0.25, 0.3) is 0 Å². The first kappa shape index (κ1) is 12.6. The summed E-state index contributed by atoms with van der Waals surface area (Å²) in [5.41, 5.74) is 1.51. The van der Waals surface area contributed by atoms with Gasteiger partial charge in [0, 0.05) is 15.2 Å². The highest BCUT2D eigenvalue weighted by atomic mass is 79.9. The fourth-order valence-electron chi connectivity index (χ4n) is 2.54. The summed E-state index contributed by atoms with van der Waals surface area (Å²) in [5, 5.41) is 7.51. The number of halogens is 1. The maximum atomic E-state index is 3.74. The van der Waals surface area contributed by atoms with Crippen molar-refractivity contribution in [2.75, 3.05) is 6.54 Å². The van der Waals surface area contributed by atoms with Crippen molar-refractivity contribution in [3.8, 4) is 0 Å². The molecule has 3 heteroatoms. The minimum absolute atomic E-state index is 0.563. The smallest absolute Gasteiger partial charge is 0.0488 e. The lowest BCUT2D eigenvalue weighted by atomic mass is 10.0. The van der Waals surface area contributed by atoms with Gasteiger partial charge in [0.15, 0.2) is 0 Å². The van der Waals surface area contributed by atoms with Crippen LogP contribution in [0.1, 0.15) is 37.8 Å². The van der Waals surface area contributed by atoms with Crippen LogP contribution in [0.5, 0.6) is 0 Å². The molecule has 0 saturated heterocycles. The maximum Gasteiger partial charge on any atom is 0.0488 e. The van der Waals surface area contributed by atoms with Crippen molar-refractivity contribution < 1.29 is 0 Å². The lowest BCUT2D eigenvalue weighted by Crippen LogP contribution is -2.23. The molecule has 3 rings (SSSR count). The third kappa shape index (κ3) is 2.36. The van der Waals surface area contributed by atoms with Crippen LogP contribution >= 0.6 is 27.3 Å². The van der Waals surface area contributed by atoms with Gasteiger partial charge in [0.2, 0.25) is 0 Å². The van der Waals surface area contributed by atoms with Crippen molar-refractivity contribution in [1.82, 2.24) is 5.32 Å². The molecule has 1 aliphatic rings. The van der Waals surface area contributed by atoms with E-state index in [4.69, 9.17) is 0 Å². The van der Waals surface area contributed by atoms with Crippen molar-refractivity contribution in [3.63, 3.8) is 0 Å². The second-order valence-corrected chi connectivity index (χ2v) is 6.81. The number of hydrogen-bond acceptors (Lipinski definition) is 2. The predicted molar refractivity (Wildman–Crippen MR) is 83.3 cm³/mol. The number of nitrogens with one attached hydrogen (secondary N) is 1. The SMILES string of the molecule is CCCNC(c1csc2c(Br)cccc12)C1CC1. The van der Waals surface area contributed by atoms with Crippen LogP contribution < -0.4 is 5.32 Å². The molecule has 0 aliphatic heterocycles. The van der Waals surface area contributed by atoms with Crippen LogP contribution in [0.4, 0.5) is 0 Å². The Morgan fingerprint density at radius 3 is 3.00 bits per heavy atom. The van der Waals surface area contributed by atoms with Crippen molar-refractivity contribution in [3.05, 3.63) is 33.6 Å². The Morgan fingerprint density at radius 1 is 1.44 bits per heavy atom. The van der Waals surface area contributed by atoms with E-state index in [0.29, 0.717) is 6.04 Å². The lowest BCUT2D eigenvalue weighted by molar-refractivity contribution is 0.485. The first-order valence-electron chi connectivity index (χ1n) is 6.70. The van der Waals surface area contributed by atoms with Gasteiger partial charge in [-0.1, -0.05) is 19.1 Å². The van der Waals surface area contributed by atoms with Crippen LogP contribution in [0, 0.1) is 5.92 Å². The Labute approximate surface area is 121 Å². The number of fused-ring (bicyclic) bond motifs is 1. The fourth-order valence-corrected chi connectivity index (χ4v) is 4.20. The lowest BCUT2D eigenvalue weighted by Gasteiger charge is -2.17. The third-order valence-electron chi connectivity index (χ3n) is 3.62. The van der Waals surface area contributed by atoms with Crippen LogP contribution in [0.2, 0.25) is 0 Å². The Bertz CT molecular complexity index is 544. The Balaban J connectivity index is 1.98. The molecule has 0 bridgehead atoms. The van der Waals surface area contributed by atoms with Crippen LogP contribution in [0.3, 0.4) is 0 Å². The summed E-state index contributed by atoms with van der Waals surface area (Å²) >= 11 is 5.52. The van der Waals surface area contributed by atoms with Gasteiger partial charge in [-0.2, -0.15) is 0 Å². The molecule has 1 aliphatic carbocycles. The molecule has 0 radical (unpaired) electrons. The topological polar surface area (TPSA) is 12.0 Å². The zero-order valence-corrected chi connectivity index (χ0v) is 13.0. The van der Waals surface area contributed by atoms with Gasteiger partial charge >= 0.3 is 0 Å². The molecular weight excluding hydrogens is 306 g/mol. The van der Waals surface area contributed by atoms with Gasteiger partial charge in [0.1, 0.15) is 0 Å². The highest BCUT2D eigenvalue weighted by Crippen LogP contribution is 2.45. The van der Waals surface area contributed by atoms with Gasteiger partial charge in [-0.05, 0) is 70.1 Å². The van der Waals surface area contributed by atoms with Crippen LogP contribution in [-0.2, 0) is 0 Å². The molecule has 1 heterocycles. The molecule has 18 heavy (non-hydrogen) atoms. The second-order valence-electron chi connectivity index (χ2n) is 5.08. The molecule has 96 valence electrons. The number of benzene rings is 1. The van der Waals surface area contributed by atoms with Crippen LogP contribution in [0.25, 0.3) is 10.1 Å². The monoisotopic (exact) mass is 323 g/mol. The molecule has 1 atom stereocenters. The number of hydrogen-bond donors (Lipinski definition) is 1. The summed E-state index contributed by atoms with van der Waals surface area (Å²) in [7, 11) is 0. The van der Waals surface area contributed by atoms with Crippen molar-refractivity contribution in [2.45, 2.75) is 32.2 Å². The number of thiophene rings is 1. The molecule has 1 nitrogen and oxygen atoms in total. The van der Waals surface area contributed by atoms with Crippen LogP contribution in [-0.4, -0.2) is 6.54 Å². The molecule has 1 unspecified atom stereocenters. The minimum Gasteiger partial charge on any atom is -0.310 e. The van der Waals surface area contributed by atoms with Gasteiger partial charge in [0.05, 0.1) is 0 Å². The van der Waals surface area contributed by atoms with Gasteiger partial charge in [-0.15, -0.1) is 11.3 Å². The molecule has 0 amide bonds. The highest BCUT2D eigenvalue weighted by molar-refractivity contribution is 9.10. The molecule has 1 saturated carbocycles. The molecule has 1 aromatic carbocycles. The quantitative estimate of drug-likeness (QED) is 0.805. The average molecular weight is 324 g/mol. The summed E-state index contributed by atoms with van der Waals surface area (Å²) in [4.78, 5) is 0. The van der Waals surface area contributed by atoms with E-state index in [1.807, 2.05) is 11.3 Å². The van der Waals surface area contributed by atoms with Crippen molar-refractivity contribution in [1.29, 1.82) is 0 Å². The van der Waals surface area contributed by atoms with E-state index < -0.39 is 0 Å². The normalized spacial score (nSPS) is 17.2. The fraction of sp³-hybridized carbons (Fsp3) is 0.467. The molecule has 1 fully saturated rings. The summed E-state index contributed by atoms with van der Waals surface area (Å²) in [6, 6.07) is 7.10. The van der Waals surface area contributed by atoms with Crippen molar-refractivity contribution in [2.24, 2.45) is 5.92 Å². The summed E-state index contributed by atoms with van der Waals surface area (Å²) in [5.74, 6) is 0.855. The molecule has 1 aromatic heterocycles. The van der Waals surface area contributed by atoms with E-state index in [2.05, 4.69) is 51.7 Å². The molecule has 2 aromatic rings. The average Bonchev–Trinajstić information content (AvgIpc) is 3.11. The Kier molecular flexibility index (Phi) is 3.73. The third-order valence-corrected chi connectivity index (χ3v) is 5.60. The summed E-state index contributed by atoms with van der Waals surface area (Å²) in [6.07, 6.45) is 3.97. The van der Waals surface area contributed by atoms with E-state index in [-0.39, 0.29) is 0 Å². The van der Waals surface area contributed by atoms with Gasteiger partial charge < -0.3 is 5.32 Å². The first-order chi connectivity index (χ1) is 8.81. The van der Waals surface area contributed by atoms with Gasteiger partial charge in [-0.25, -0.2) is 0 Å². The Hall–Kier alpha value is -0.380. The maximum absolute atomic E-state index is 3.74. The van der Waals surface area contributed by atoms with E-state index in [1.54, 1.807) is 0 Å². The van der Waals surface area contributed by atoms with E-state index in [0.717, 1.165) is 12.5 Å². The predicted octanol–water partition coefficient (Wildman–Crippen LogP) is 5.11. The molecular formula is C15H18BrNS. The summed E-state index contributed by atoms with van der Waals surface area (Å²) < 4.78 is 2.61. The summed E-state index contributed by atoms with van der Waals surface area (Å²) in [6.45, 7) is 3.35. The highest BCUT2D eigenvalue weighted by Gasteiger charge is 2.33. The Morgan fingerprint density at radius 2 is 2.28 bits per heavy atom. The second kappa shape index (κ2) is 5.32. The van der Waals surface area contributed by atoms with Crippen LogP contribution in [0.15, 0.2) is 28.1 Å². The molecule has 1 N–H and O–H groups in total. The zero-order chi connectivity index (χ0) is 12.5. The minimum atomic E-state index is 0.563. The van der Waals surface area contributed by atoms with Crippen molar-refractivity contribution >= 4 is 37.4 Å². The van der Waals surface area contributed by atoms with E-state index in [9.17, 15) is 0 Å². The first-order valence-corrected chi connectivity index (χ1v) is 8.37. The zero-order valence-electron chi connectivity index (χ0n) is 10.6. The van der Waals surface area contributed by atoms with E-state index in [1.165, 1.54) is 39.4 Å².